The summed E-state index contributed by atoms with van der Waals surface area (Å²) in [5.74, 6) is 0. The van der Waals surface area contributed by atoms with Crippen molar-refractivity contribution in [1.82, 2.24) is 13.7 Å². The van der Waals surface area contributed by atoms with Crippen LogP contribution in [-0.4, -0.2) is 42.1 Å². The lowest BCUT2D eigenvalue weighted by atomic mass is 10.7. The summed E-state index contributed by atoms with van der Waals surface area (Å²) >= 11 is 6.96. The van der Waals surface area contributed by atoms with Crippen molar-refractivity contribution < 1.29 is 17.2 Å². The molecule has 2 aromatic heterocycles. The molecule has 2 rings (SSSR count). The molecule has 0 aliphatic rings. The number of thiazole rings is 1. The standard InChI is InChI=1S/C8H8ClF2N3O2S2/c1-13(4-5(10)11)18(15,16)7-6(9)12-8-14(7)2-3-17-8/h2-3,5H,4H2,1H3. The van der Waals surface area contributed by atoms with Crippen molar-refractivity contribution in [3.8, 4) is 0 Å². The first-order valence-corrected chi connectivity index (χ1v) is 7.39. The number of aromatic nitrogens is 2. The third kappa shape index (κ3) is 2.22. The molecule has 0 aliphatic heterocycles. The molecule has 0 spiro atoms. The zero-order chi connectivity index (χ0) is 13.5. The molecule has 0 aromatic carbocycles. The van der Waals surface area contributed by atoms with Crippen LogP contribution < -0.4 is 0 Å². The van der Waals surface area contributed by atoms with Gasteiger partial charge in [-0.1, -0.05) is 11.6 Å². The summed E-state index contributed by atoms with van der Waals surface area (Å²) < 4.78 is 50.6. The molecule has 0 radical (unpaired) electrons. The molecule has 2 heterocycles. The maximum atomic E-state index is 12.3. The van der Waals surface area contributed by atoms with Gasteiger partial charge in [-0.2, -0.15) is 4.31 Å². The Balaban J connectivity index is 2.52. The summed E-state index contributed by atoms with van der Waals surface area (Å²) in [6, 6.07) is 0. The van der Waals surface area contributed by atoms with Crippen LogP contribution in [0, 0.1) is 0 Å². The van der Waals surface area contributed by atoms with Gasteiger partial charge in [0.15, 0.2) is 15.1 Å². The number of imidazole rings is 1. The number of alkyl halides is 2. The Bertz CT molecular complexity index is 667. The molecule has 0 amide bonds. The number of fused-ring (bicyclic) bond motifs is 1. The van der Waals surface area contributed by atoms with E-state index in [1.807, 2.05) is 0 Å². The van der Waals surface area contributed by atoms with E-state index in [9.17, 15) is 17.2 Å². The van der Waals surface area contributed by atoms with Crippen LogP contribution in [0.4, 0.5) is 8.78 Å². The van der Waals surface area contributed by atoms with Crippen LogP contribution in [0.25, 0.3) is 4.96 Å². The van der Waals surface area contributed by atoms with E-state index in [1.54, 1.807) is 5.38 Å². The largest absolute Gasteiger partial charge is 0.279 e. The van der Waals surface area contributed by atoms with E-state index in [0.717, 1.165) is 7.05 Å². The maximum Gasteiger partial charge on any atom is 0.262 e. The summed E-state index contributed by atoms with van der Waals surface area (Å²) in [4.78, 5) is 4.25. The van der Waals surface area contributed by atoms with Gasteiger partial charge >= 0.3 is 0 Å². The number of halogens is 3. The van der Waals surface area contributed by atoms with Gasteiger partial charge in [0.1, 0.15) is 0 Å². The minimum atomic E-state index is -4.09. The smallest absolute Gasteiger partial charge is 0.262 e. The van der Waals surface area contributed by atoms with Crippen molar-refractivity contribution in [2.24, 2.45) is 0 Å². The monoisotopic (exact) mass is 315 g/mol. The van der Waals surface area contributed by atoms with E-state index in [0.29, 0.717) is 9.27 Å². The van der Waals surface area contributed by atoms with Crippen LogP contribution in [0.15, 0.2) is 16.6 Å². The summed E-state index contributed by atoms with van der Waals surface area (Å²) in [5, 5.41) is 1.12. The minimum absolute atomic E-state index is 0.219. The average molecular weight is 316 g/mol. The normalized spacial score (nSPS) is 13.0. The number of rotatable bonds is 4. The number of nitrogens with zero attached hydrogens (tertiary/aromatic N) is 3. The van der Waals surface area contributed by atoms with Gasteiger partial charge in [-0.25, -0.2) is 22.2 Å². The van der Waals surface area contributed by atoms with Gasteiger partial charge in [0.25, 0.3) is 16.4 Å². The predicted octanol–water partition coefficient (Wildman–Crippen LogP) is 1.93. The van der Waals surface area contributed by atoms with Crippen molar-refractivity contribution in [2.45, 2.75) is 11.5 Å². The first-order valence-electron chi connectivity index (χ1n) is 4.69. The zero-order valence-electron chi connectivity index (χ0n) is 9.05. The highest BCUT2D eigenvalue weighted by molar-refractivity contribution is 7.89. The van der Waals surface area contributed by atoms with E-state index in [2.05, 4.69) is 4.98 Å². The van der Waals surface area contributed by atoms with Crippen molar-refractivity contribution >= 4 is 37.9 Å². The molecule has 0 fully saturated rings. The highest BCUT2D eigenvalue weighted by Gasteiger charge is 2.30. The van der Waals surface area contributed by atoms with Crippen LogP contribution in [0.1, 0.15) is 0 Å². The molecule has 0 atom stereocenters. The third-order valence-electron chi connectivity index (χ3n) is 2.23. The second-order valence-corrected chi connectivity index (χ2v) is 6.63. The van der Waals surface area contributed by atoms with E-state index >= 15 is 0 Å². The fourth-order valence-corrected chi connectivity index (χ4v) is 3.95. The Labute approximate surface area is 111 Å². The van der Waals surface area contributed by atoms with Gasteiger partial charge in [-0.3, -0.25) is 4.40 Å². The molecule has 0 saturated carbocycles. The number of hydrogen-bond donors (Lipinski definition) is 0. The molecule has 2 aromatic rings. The Morgan fingerprint density at radius 3 is 2.89 bits per heavy atom. The van der Waals surface area contributed by atoms with Crippen LogP contribution in [0.3, 0.4) is 0 Å². The van der Waals surface area contributed by atoms with Crippen molar-refractivity contribution in [2.75, 3.05) is 13.6 Å². The summed E-state index contributed by atoms with van der Waals surface area (Å²) in [6.07, 6.45) is -1.28. The SMILES string of the molecule is CN(CC(F)F)S(=O)(=O)c1c(Cl)nc2sccn12. The first-order chi connectivity index (χ1) is 8.34. The second-order valence-electron chi connectivity index (χ2n) is 3.44. The lowest BCUT2D eigenvalue weighted by Gasteiger charge is -2.15. The second kappa shape index (κ2) is 4.72. The number of hydrogen-bond acceptors (Lipinski definition) is 4. The van der Waals surface area contributed by atoms with Gasteiger partial charge < -0.3 is 0 Å². The van der Waals surface area contributed by atoms with Crippen molar-refractivity contribution in [3.05, 3.63) is 16.7 Å². The quantitative estimate of drug-likeness (QED) is 0.866. The fraction of sp³-hybridized carbons (Fsp3) is 0.375. The molecular weight excluding hydrogens is 308 g/mol. The Morgan fingerprint density at radius 1 is 1.61 bits per heavy atom. The molecule has 0 unspecified atom stereocenters. The molecule has 5 nitrogen and oxygen atoms in total. The highest BCUT2D eigenvalue weighted by atomic mass is 35.5. The molecular formula is C8H8ClF2N3O2S2. The first kappa shape index (κ1) is 13.7. The molecule has 0 N–H and O–H groups in total. The van der Waals surface area contributed by atoms with Crippen molar-refractivity contribution in [1.29, 1.82) is 0 Å². The maximum absolute atomic E-state index is 12.3. The zero-order valence-corrected chi connectivity index (χ0v) is 11.4. The molecule has 0 aliphatic carbocycles. The lowest BCUT2D eigenvalue weighted by Crippen LogP contribution is -2.32. The van der Waals surface area contributed by atoms with Gasteiger partial charge in [0.2, 0.25) is 0 Å². The van der Waals surface area contributed by atoms with Crippen molar-refractivity contribution in [3.63, 3.8) is 0 Å². The third-order valence-corrected chi connectivity index (χ3v) is 5.21. The fourth-order valence-electron chi connectivity index (χ4n) is 1.41. The predicted molar refractivity (Wildman–Crippen MR) is 63.9 cm³/mol. The van der Waals surface area contributed by atoms with E-state index in [-0.39, 0.29) is 10.2 Å². The van der Waals surface area contributed by atoms with Gasteiger partial charge in [0.05, 0.1) is 6.54 Å². The molecule has 100 valence electrons. The van der Waals surface area contributed by atoms with Gasteiger partial charge in [0, 0.05) is 18.6 Å². The topological polar surface area (TPSA) is 54.7 Å². The summed E-state index contributed by atoms with van der Waals surface area (Å²) in [5.41, 5.74) is 0. The minimum Gasteiger partial charge on any atom is -0.279 e. The number of sulfonamides is 1. The Morgan fingerprint density at radius 2 is 2.28 bits per heavy atom. The molecule has 10 heteroatoms. The Hall–Kier alpha value is -0.770. The lowest BCUT2D eigenvalue weighted by molar-refractivity contribution is 0.126. The highest BCUT2D eigenvalue weighted by Crippen LogP contribution is 2.27. The van der Waals surface area contributed by atoms with E-state index in [1.165, 1.54) is 21.9 Å². The molecule has 18 heavy (non-hydrogen) atoms. The van der Waals surface area contributed by atoms with Gasteiger partial charge in [-0.15, -0.1) is 11.3 Å². The van der Waals surface area contributed by atoms with Crippen LogP contribution in [-0.2, 0) is 10.0 Å². The average Bonchev–Trinajstić information content (AvgIpc) is 2.74. The van der Waals surface area contributed by atoms with E-state index in [4.69, 9.17) is 11.6 Å². The van der Waals surface area contributed by atoms with Crippen LogP contribution in [0.5, 0.6) is 0 Å². The molecule has 0 saturated heterocycles. The summed E-state index contributed by atoms with van der Waals surface area (Å²) in [6.45, 7) is -0.893. The molecule has 0 bridgehead atoms. The van der Waals surface area contributed by atoms with Gasteiger partial charge in [-0.05, 0) is 0 Å². The van der Waals surface area contributed by atoms with E-state index < -0.39 is 23.0 Å². The summed E-state index contributed by atoms with van der Waals surface area (Å²) in [7, 11) is -3.02. The van der Waals surface area contributed by atoms with Crippen LogP contribution in [0.2, 0.25) is 5.15 Å². The Kier molecular flexibility index (Phi) is 3.58. The van der Waals surface area contributed by atoms with Crippen LogP contribution >= 0.6 is 22.9 Å².